The average molecular weight is 290 g/mol. The molecular weight excluding hydrogens is 264 g/mol. The van der Waals surface area contributed by atoms with Gasteiger partial charge in [0.15, 0.2) is 0 Å². The van der Waals surface area contributed by atoms with Crippen molar-refractivity contribution in [2.24, 2.45) is 11.7 Å². The Bertz CT molecular complexity index is 525. The van der Waals surface area contributed by atoms with Crippen molar-refractivity contribution in [1.29, 1.82) is 5.41 Å². The average Bonchev–Trinajstić information content (AvgIpc) is 3.21. The van der Waals surface area contributed by atoms with Crippen molar-refractivity contribution in [3.05, 3.63) is 23.0 Å². The molecule has 0 saturated heterocycles. The number of anilines is 1. The Morgan fingerprint density at radius 1 is 1.52 bits per heavy atom. The van der Waals surface area contributed by atoms with Crippen LogP contribution in [0.1, 0.15) is 36.7 Å². The zero-order valence-corrected chi connectivity index (χ0v) is 13.4. The van der Waals surface area contributed by atoms with Crippen molar-refractivity contribution in [3.63, 3.8) is 0 Å². The van der Waals surface area contributed by atoms with Gasteiger partial charge in [-0.15, -0.1) is 0 Å². The van der Waals surface area contributed by atoms with Crippen molar-refractivity contribution in [3.8, 4) is 0 Å². The fraction of sp³-hybridized carbons (Fsp3) is 0.625. The number of aryl methyl sites for hydroxylation is 2. The Morgan fingerprint density at radius 3 is 2.71 bits per heavy atom. The lowest BCUT2D eigenvalue weighted by atomic mass is 10.1. The standard InChI is InChI=1S/C16H26N4O/c1-10-9-14(15(16(17)18)11(2)19-10)20(7-8-21-4)12(3)13-5-6-13/h9,12-13H,5-8H2,1-4H3,(H3,17,18). The molecule has 0 aliphatic heterocycles. The molecule has 1 aromatic heterocycles. The number of ether oxygens (including phenoxy) is 1. The molecule has 1 atom stereocenters. The third-order valence-electron chi connectivity index (χ3n) is 4.22. The molecular formula is C16H26N4O. The molecule has 21 heavy (non-hydrogen) atoms. The highest BCUT2D eigenvalue weighted by atomic mass is 16.5. The SMILES string of the molecule is COCCN(c1cc(C)nc(C)c1C(=N)N)C(C)C1CC1. The fourth-order valence-electron chi connectivity index (χ4n) is 2.93. The molecule has 2 rings (SSSR count). The second kappa shape index (κ2) is 6.43. The summed E-state index contributed by atoms with van der Waals surface area (Å²) < 4.78 is 5.26. The molecule has 1 aliphatic rings. The zero-order valence-electron chi connectivity index (χ0n) is 13.4. The van der Waals surface area contributed by atoms with Crippen molar-refractivity contribution in [2.75, 3.05) is 25.2 Å². The van der Waals surface area contributed by atoms with Gasteiger partial charge in [-0.2, -0.15) is 0 Å². The van der Waals surface area contributed by atoms with Crippen LogP contribution >= 0.6 is 0 Å². The molecule has 3 N–H and O–H groups in total. The van der Waals surface area contributed by atoms with Crippen LogP contribution < -0.4 is 10.6 Å². The minimum atomic E-state index is 0.0837. The van der Waals surface area contributed by atoms with Gasteiger partial charge in [0.1, 0.15) is 5.84 Å². The van der Waals surface area contributed by atoms with Gasteiger partial charge in [0.25, 0.3) is 0 Å². The molecule has 116 valence electrons. The van der Waals surface area contributed by atoms with Crippen LogP contribution in [0, 0.1) is 25.2 Å². The second-order valence-corrected chi connectivity index (χ2v) is 5.92. The number of aromatic nitrogens is 1. The molecule has 1 heterocycles. The summed E-state index contributed by atoms with van der Waals surface area (Å²) in [6.45, 7) is 7.62. The summed E-state index contributed by atoms with van der Waals surface area (Å²) in [6.07, 6.45) is 2.56. The van der Waals surface area contributed by atoms with E-state index in [9.17, 15) is 0 Å². The molecule has 1 aliphatic carbocycles. The first-order chi connectivity index (χ1) is 9.95. The normalized spacial score (nSPS) is 15.8. The quantitative estimate of drug-likeness (QED) is 0.596. The van der Waals surface area contributed by atoms with Crippen LogP contribution in [0.4, 0.5) is 5.69 Å². The van der Waals surface area contributed by atoms with Crippen LogP contribution in [0.25, 0.3) is 0 Å². The van der Waals surface area contributed by atoms with Gasteiger partial charge in [0.05, 0.1) is 23.6 Å². The van der Waals surface area contributed by atoms with E-state index in [1.54, 1.807) is 7.11 Å². The van der Waals surface area contributed by atoms with Crippen molar-refractivity contribution >= 4 is 11.5 Å². The molecule has 5 heteroatoms. The topological polar surface area (TPSA) is 75.2 Å². The van der Waals surface area contributed by atoms with E-state index in [-0.39, 0.29) is 5.84 Å². The molecule has 5 nitrogen and oxygen atoms in total. The molecule has 0 amide bonds. The number of nitrogens with zero attached hydrogens (tertiary/aromatic N) is 2. The first kappa shape index (κ1) is 15.8. The Hall–Kier alpha value is -1.62. The predicted molar refractivity (Wildman–Crippen MR) is 86.1 cm³/mol. The molecule has 1 saturated carbocycles. The van der Waals surface area contributed by atoms with Gasteiger partial charge in [-0.3, -0.25) is 10.4 Å². The summed E-state index contributed by atoms with van der Waals surface area (Å²) in [5.41, 5.74) is 9.36. The monoisotopic (exact) mass is 290 g/mol. The van der Waals surface area contributed by atoms with Crippen LogP contribution in [-0.4, -0.2) is 37.1 Å². The fourth-order valence-corrected chi connectivity index (χ4v) is 2.93. The molecule has 0 radical (unpaired) electrons. The number of nitrogen functional groups attached to an aromatic ring is 1. The summed E-state index contributed by atoms with van der Waals surface area (Å²) in [5, 5.41) is 7.90. The van der Waals surface area contributed by atoms with Gasteiger partial charge in [-0.05, 0) is 45.6 Å². The van der Waals surface area contributed by atoms with Gasteiger partial charge in [0, 0.05) is 25.4 Å². The number of hydrogen-bond donors (Lipinski definition) is 2. The van der Waals surface area contributed by atoms with Crippen molar-refractivity contribution < 1.29 is 4.74 Å². The summed E-state index contributed by atoms with van der Waals surface area (Å²) in [4.78, 5) is 6.79. The smallest absolute Gasteiger partial charge is 0.126 e. The number of hydrogen-bond acceptors (Lipinski definition) is 4. The predicted octanol–water partition coefficient (Wildman–Crippen LogP) is 2.23. The third-order valence-corrected chi connectivity index (χ3v) is 4.22. The minimum absolute atomic E-state index is 0.0837. The molecule has 0 spiro atoms. The summed E-state index contributed by atoms with van der Waals surface area (Å²) in [5.74, 6) is 0.816. The van der Waals surface area contributed by atoms with E-state index in [2.05, 4.69) is 16.8 Å². The third kappa shape index (κ3) is 3.53. The Balaban J connectivity index is 2.44. The van der Waals surface area contributed by atoms with E-state index in [1.165, 1.54) is 12.8 Å². The molecule has 1 fully saturated rings. The lowest BCUT2D eigenvalue weighted by Crippen LogP contribution is -2.39. The lowest BCUT2D eigenvalue weighted by molar-refractivity contribution is 0.202. The highest BCUT2D eigenvalue weighted by Gasteiger charge is 2.33. The zero-order chi connectivity index (χ0) is 15.6. The maximum atomic E-state index is 7.90. The number of nitrogens with one attached hydrogen (secondary N) is 1. The highest BCUT2D eigenvalue weighted by Crippen LogP contribution is 2.38. The van der Waals surface area contributed by atoms with Gasteiger partial charge >= 0.3 is 0 Å². The van der Waals surface area contributed by atoms with Crippen molar-refractivity contribution in [2.45, 2.75) is 39.7 Å². The lowest BCUT2D eigenvalue weighted by Gasteiger charge is -2.33. The van der Waals surface area contributed by atoms with Crippen LogP contribution in [0.2, 0.25) is 0 Å². The van der Waals surface area contributed by atoms with E-state index in [0.29, 0.717) is 12.6 Å². The summed E-state index contributed by atoms with van der Waals surface area (Å²) >= 11 is 0. The Kier molecular flexibility index (Phi) is 4.83. The summed E-state index contributed by atoms with van der Waals surface area (Å²) in [6, 6.07) is 2.47. The van der Waals surface area contributed by atoms with Crippen LogP contribution in [0.5, 0.6) is 0 Å². The number of pyridine rings is 1. The number of rotatable bonds is 7. The van der Waals surface area contributed by atoms with Gasteiger partial charge in [-0.1, -0.05) is 0 Å². The number of methoxy groups -OCH3 is 1. The highest BCUT2D eigenvalue weighted by molar-refractivity contribution is 6.01. The van der Waals surface area contributed by atoms with Crippen LogP contribution in [0.3, 0.4) is 0 Å². The molecule has 1 aromatic rings. The number of nitrogens with two attached hydrogens (primary N) is 1. The molecule has 0 bridgehead atoms. The van der Waals surface area contributed by atoms with E-state index < -0.39 is 0 Å². The van der Waals surface area contributed by atoms with Gasteiger partial charge < -0.3 is 15.4 Å². The Morgan fingerprint density at radius 2 is 2.19 bits per heavy atom. The second-order valence-electron chi connectivity index (χ2n) is 5.92. The Labute approximate surface area is 127 Å². The molecule has 0 aromatic carbocycles. The van der Waals surface area contributed by atoms with Crippen molar-refractivity contribution in [1.82, 2.24) is 4.98 Å². The number of amidine groups is 1. The van der Waals surface area contributed by atoms with Crippen LogP contribution in [0.15, 0.2) is 6.07 Å². The van der Waals surface area contributed by atoms with Crippen LogP contribution in [-0.2, 0) is 4.74 Å². The summed E-state index contributed by atoms with van der Waals surface area (Å²) in [7, 11) is 1.72. The van der Waals surface area contributed by atoms with Gasteiger partial charge in [0.2, 0.25) is 0 Å². The van der Waals surface area contributed by atoms with E-state index in [1.807, 2.05) is 19.9 Å². The van der Waals surface area contributed by atoms with E-state index in [0.717, 1.165) is 35.1 Å². The maximum absolute atomic E-state index is 7.90. The van der Waals surface area contributed by atoms with E-state index in [4.69, 9.17) is 15.9 Å². The first-order valence-corrected chi connectivity index (χ1v) is 7.54. The largest absolute Gasteiger partial charge is 0.384 e. The van der Waals surface area contributed by atoms with E-state index >= 15 is 0 Å². The maximum Gasteiger partial charge on any atom is 0.126 e. The van der Waals surface area contributed by atoms with Gasteiger partial charge in [-0.25, -0.2) is 0 Å². The minimum Gasteiger partial charge on any atom is -0.384 e. The molecule has 1 unspecified atom stereocenters. The first-order valence-electron chi connectivity index (χ1n) is 7.54.